The second kappa shape index (κ2) is 4.63. The van der Waals surface area contributed by atoms with E-state index >= 15 is 0 Å². The lowest BCUT2D eigenvalue weighted by Gasteiger charge is -2.05. The molecule has 2 heterocycles. The van der Waals surface area contributed by atoms with Crippen LogP contribution in [0.15, 0.2) is 46.2 Å². The van der Waals surface area contributed by atoms with Crippen LogP contribution in [0.25, 0.3) is 20.2 Å². The van der Waals surface area contributed by atoms with Crippen molar-refractivity contribution in [3.8, 4) is 0 Å². The molecule has 5 heteroatoms. The lowest BCUT2D eigenvalue weighted by atomic mass is 10.1. The van der Waals surface area contributed by atoms with Gasteiger partial charge in [0.1, 0.15) is 11.7 Å². The maximum Gasteiger partial charge on any atom is 0.195 e. The topological polar surface area (TPSA) is 41.5 Å². The average molecular weight is 298 g/mol. The Hall–Kier alpha value is -2.27. The summed E-state index contributed by atoms with van der Waals surface area (Å²) in [6.45, 7) is 1.63. The fourth-order valence-electron chi connectivity index (χ4n) is 2.57. The van der Waals surface area contributed by atoms with Gasteiger partial charge in [-0.1, -0.05) is 6.07 Å². The molecule has 4 rings (SSSR count). The van der Waals surface area contributed by atoms with Gasteiger partial charge < -0.3 is 5.32 Å². The zero-order valence-electron chi connectivity index (χ0n) is 11.0. The van der Waals surface area contributed by atoms with Gasteiger partial charge in [-0.15, -0.1) is 11.3 Å². The molecular formula is C16H11FN2OS. The fourth-order valence-corrected chi connectivity index (χ4v) is 3.66. The SMILES string of the molecule is O=c1c2ccc(C3=NCCN3)cc2sc2ccc(F)cc12. The first-order valence-corrected chi connectivity index (χ1v) is 7.49. The monoisotopic (exact) mass is 298 g/mol. The molecule has 3 aromatic rings. The van der Waals surface area contributed by atoms with Crippen molar-refractivity contribution in [2.75, 3.05) is 13.1 Å². The maximum absolute atomic E-state index is 13.3. The lowest BCUT2D eigenvalue weighted by molar-refractivity contribution is 0.630. The van der Waals surface area contributed by atoms with E-state index in [-0.39, 0.29) is 11.2 Å². The predicted molar refractivity (Wildman–Crippen MR) is 85.0 cm³/mol. The molecule has 0 spiro atoms. The van der Waals surface area contributed by atoms with Crippen molar-refractivity contribution in [1.29, 1.82) is 0 Å². The van der Waals surface area contributed by atoms with Crippen LogP contribution in [0.4, 0.5) is 4.39 Å². The second-order valence-corrected chi connectivity index (χ2v) is 6.02. The molecule has 2 aromatic carbocycles. The Kier molecular flexibility index (Phi) is 2.75. The van der Waals surface area contributed by atoms with Crippen molar-refractivity contribution >= 4 is 37.3 Å². The molecule has 1 aliphatic rings. The van der Waals surface area contributed by atoms with Crippen LogP contribution in [0.2, 0.25) is 0 Å². The van der Waals surface area contributed by atoms with Crippen molar-refractivity contribution in [2.45, 2.75) is 0 Å². The third-order valence-electron chi connectivity index (χ3n) is 3.58. The lowest BCUT2D eigenvalue weighted by Crippen LogP contribution is -2.19. The Balaban J connectivity index is 2.02. The standard InChI is InChI=1S/C16H11FN2OS/c17-10-2-4-13-12(8-10)15(20)11-3-1-9(7-14(11)21-13)16-18-5-6-19-16/h1-4,7-8H,5-6H2,(H,18,19). The third-order valence-corrected chi connectivity index (χ3v) is 4.71. The largest absolute Gasteiger partial charge is 0.368 e. The van der Waals surface area contributed by atoms with Crippen molar-refractivity contribution in [2.24, 2.45) is 4.99 Å². The summed E-state index contributed by atoms with van der Waals surface area (Å²) in [5.41, 5.74) is 0.864. The summed E-state index contributed by atoms with van der Waals surface area (Å²) in [5.74, 6) is 0.489. The molecule has 0 fully saturated rings. The van der Waals surface area contributed by atoms with E-state index in [4.69, 9.17) is 0 Å². The minimum absolute atomic E-state index is 0.119. The molecule has 0 atom stereocenters. The number of hydrogen-bond acceptors (Lipinski definition) is 4. The molecule has 0 bridgehead atoms. The van der Waals surface area contributed by atoms with Crippen LogP contribution >= 0.6 is 11.3 Å². The zero-order valence-corrected chi connectivity index (χ0v) is 11.8. The maximum atomic E-state index is 13.3. The molecule has 0 amide bonds. The number of halogens is 1. The molecule has 104 valence electrons. The minimum Gasteiger partial charge on any atom is -0.368 e. The highest BCUT2D eigenvalue weighted by molar-refractivity contribution is 7.24. The van der Waals surface area contributed by atoms with Gasteiger partial charge in [-0.3, -0.25) is 9.79 Å². The van der Waals surface area contributed by atoms with E-state index in [9.17, 15) is 9.18 Å². The van der Waals surface area contributed by atoms with Crippen LogP contribution in [0.3, 0.4) is 0 Å². The number of nitrogens with zero attached hydrogens (tertiary/aromatic N) is 1. The number of benzene rings is 2. The highest BCUT2D eigenvalue weighted by atomic mass is 32.1. The summed E-state index contributed by atoms with van der Waals surface area (Å²) in [6.07, 6.45) is 0. The summed E-state index contributed by atoms with van der Waals surface area (Å²) in [7, 11) is 0. The van der Waals surface area contributed by atoms with Gasteiger partial charge in [0.2, 0.25) is 0 Å². The Morgan fingerprint density at radius 1 is 1.10 bits per heavy atom. The molecule has 1 aromatic heterocycles. The van der Waals surface area contributed by atoms with Crippen molar-refractivity contribution < 1.29 is 4.39 Å². The minimum atomic E-state index is -0.382. The number of fused-ring (bicyclic) bond motifs is 2. The first kappa shape index (κ1) is 12.5. The number of rotatable bonds is 1. The first-order valence-electron chi connectivity index (χ1n) is 6.67. The number of amidine groups is 1. The van der Waals surface area contributed by atoms with E-state index in [2.05, 4.69) is 10.3 Å². The van der Waals surface area contributed by atoms with E-state index < -0.39 is 0 Å². The van der Waals surface area contributed by atoms with E-state index in [0.717, 1.165) is 33.9 Å². The summed E-state index contributed by atoms with van der Waals surface area (Å²) in [4.78, 5) is 16.9. The molecule has 3 nitrogen and oxygen atoms in total. The van der Waals surface area contributed by atoms with Gasteiger partial charge in [0.25, 0.3) is 0 Å². The Labute approximate surface area is 123 Å². The smallest absolute Gasteiger partial charge is 0.195 e. The van der Waals surface area contributed by atoms with Crippen LogP contribution in [0.5, 0.6) is 0 Å². The van der Waals surface area contributed by atoms with Gasteiger partial charge in [-0.05, 0) is 30.3 Å². The number of aliphatic imine (C=N–C) groups is 1. The van der Waals surface area contributed by atoms with Crippen molar-refractivity contribution in [3.63, 3.8) is 0 Å². The molecule has 0 saturated carbocycles. The van der Waals surface area contributed by atoms with Crippen molar-refractivity contribution in [3.05, 3.63) is 58.0 Å². The zero-order chi connectivity index (χ0) is 14.4. The van der Waals surface area contributed by atoms with Crippen LogP contribution in [0, 0.1) is 5.82 Å². The van der Waals surface area contributed by atoms with Gasteiger partial charge in [0, 0.05) is 32.3 Å². The quantitative estimate of drug-likeness (QED) is 0.702. The molecule has 0 unspecified atom stereocenters. The van der Waals surface area contributed by atoms with Gasteiger partial charge >= 0.3 is 0 Å². The highest BCUT2D eigenvalue weighted by Gasteiger charge is 2.11. The third kappa shape index (κ3) is 2.01. The molecule has 0 aliphatic carbocycles. The predicted octanol–water partition coefficient (Wildman–Crippen LogP) is 2.90. The molecule has 21 heavy (non-hydrogen) atoms. The summed E-state index contributed by atoms with van der Waals surface area (Å²) >= 11 is 1.50. The Morgan fingerprint density at radius 3 is 2.81 bits per heavy atom. The summed E-state index contributed by atoms with van der Waals surface area (Å²) in [6, 6.07) is 10.0. The molecular weight excluding hydrogens is 287 g/mol. The van der Waals surface area contributed by atoms with Crippen LogP contribution in [-0.2, 0) is 0 Å². The van der Waals surface area contributed by atoms with E-state index in [0.29, 0.717) is 10.8 Å². The average Bonchev–Trinajstić information content (AvgIpc) is 3.02. The second-order valence-electron chi connectivity index (χ2n) is 4.94. The van der Waals surface area contributed by atoms with Crippen LogP contribution < -0.4 is 10.7 Å². The number of nitrogens with one attached hydrogen (secondary N) is 1. The Morgan fingerprint density at radius 2 is 2.00 bits per heavy atom. The van der Waals surface area contributed by atoms with E-state index in [1.807, 2.05) is 12.1 Å². The molecule has 0 saturated heterocycles. The van der Waals surface area contributed by atoms with Gasteiger partial charge in [-0.25, -0.2) is 4.39 Å². The van der Waals surface area contributed by atoms with E-state index in [1.54, 1.807) is 12.1 Å². The molecule has 1 aliphatic heterocycles. The highest BCUT2D eigenvalue weighted by Crippen LogP contribution is 2.26. The first-order chi connectivity index (χ1) is 10.2. The summed E-state index contributed by atoms with van der Waals surface area (Å²) < 4.78 is 15.0. The fraction of sp³-hybridized carbons (Fsp3) is 0.125. The van der Waals surface area contributed by atoms with Gasteiger partial charge in [0.05, 0.1) is 6.54 Å². The van der Waals surface area contributed by atoms with E-state index in [1.165, 1.54) is 23.5 Å². The van der Waals surface area contributed by atoms with Gasteiger partial charge in [0.15, 0.2) is 5.43 Å². The van der Waals surface area contributed by atoms with Crippen molar-refractivity contribution in [1.82, 2.24) is 5.32 Å². The summed E-state index contributed by atoms with van der Waals surface area (Å²) in [5, 5.41) is 4.29. The Bertz CT molecular complexity index is 962. The van der Waals surface area contributed by atoms with Crippen LogP contribution in [0.1, 0.15) is 5.56 Å². The van der Waals surface area contributed by atoms with Crippen LogP contribution in [-0.4, -0.2) is 18.9 Å². The normalized spacial score (nSPS) is 14.4. The molecule has 0 radical (unpaired) electrons. The van der Waals surface area contributed by atoms with Gasteiger partial charge in [-0.2, -0.15) is 0 Å². The molecule has 1 N–H and O–H groups in total. The number of hydrogen-bond donors (Lipinski definition) is 1.